The maximum Gasteiger partial charge on any atom is 0.321 e. The lowest BCUT2D eigenvalue weighted by atomic mass is 9.99. The van der Waals surface area contributed by atoms with Crippen molar-refractivity contribution in [1.29, 1.82) is 0 Å². The van der Waals surface area contributed by atoms with Gasteiger partial charge < -0.3 is 21.1 Å². The van der Waals surface area contributed by atoms with Crippen molar-refractivity contribution < 1.29 is 19.5 Å². The maximum atomic E-state index is 12.1. The standard InChI is InChI=1S/C14H17N3O4/c1-8-6-17(7-11(8)13(19)20)14(21)16-10-4-2-3-9(5-10)12(15)18/h2-5,8,11H,6-7H2,1H3,(H2,15,18)(H,16,21)(H,19,20)/t8-,11-/m1/s1. The van der Waals surface area contributed by atoms with E-state index < -0.39 is 17.8 Å². The molecule has 1 heterocycles. The van der Waals surface area contributed by atoms with Gasteiger partial charge in [0.25, 0.3) is 0 Å². The van der Waals surface area contributed by atoms with Crippen molar-refractivity contribution in [3.63, 3.8) is 0 Å². The zero-order valence-corrected chi connectivity index (χ0v) is 11.6. The van der Waals surface area contributed by atoms with E-state index >= 15 is 0 Å². The van der Waals surface area contributed by atoms with Crippen molar-refractivity contribution in [3.05, 3.63) is 29.8 Å². The number of urea groups is 1. The summed E-state index contributed by atoms with van der Waals surface area (Å²) in [6.07, 6.45) is 0. The average molecular weight is 291 g/mol. The van der Waals surface area contributed by atoms with Crippen LogP contribution in [-0.2, 0) is 4.79 Å². The Hall–Kier alpha value is -2.57. The van der Waals surface area contributed by atoms with Gasteiger partial charge in [-0.15, -0.1) is 0 Å². The van der Waals surface area contributed by atoms with Crippen LogP contribution < -0.4 is 11.1 Å². The van der Waals surface area contributed by atoms with Crippen LogP contribution in [0.15, 0.2) is 24.3 Å². The first-order valence-corrected chi connectivity index (χ1v) is 6.57. The molecule has 0 bridgehead atoms. The number of carbonyl (C=O) groups excluding carboxylic acids is 2. The van der Waals surface area contributed by atoms with Crippen LogP contribution in [0.4, 0.5) is 10.5 Å². The number of nitrogens with zero attached hydrogens (tertiary/aromatic N) is 1. The summed E-state index contributed by atoms with van der Waals surface area (Å²) in [7, 11) is 0. The van der Waals surface area contributed by atoms with Crippen LogP contribution in [0, 0.1) is 11.8 Å². The van der Waals surface area contributed by atoms with Crippen molar-refractivity contribution in [3.8, 4) is 0 Å². The fourth-order valence-corrected chi connectivity index (χ4v) is 2.41. The third kappa shape index (κ3) is 3.31. The van der Waals surface area contributed by atoms with E-state index in [0.29, 0.717) is 17.8 Å². The number of primary amides is 1. The molecule has 7 heteroatoms. The molecule has 0 radical (unpaired) electrons. The topological polar surface area (TPSA) is 113 Å². The number of rotatable bonds is 3. The van der Waals surface area contributed by atoms with Gasteiger partial charge in [0.2, 0.25) is 5.91 Å². The molecule has 1 aromatic rings. The summed E-state index contributed by atoms with van der Waals surface area (Å²) < 4.78 is 0. The van der Waals surface area contributed by atoms with Crippen LogP contribution in [-0.4, -0.2) is 41.0 Å². The normalized spacial score (nSPS) is 21.1. The Morgan fingerprint density at radius 2 is 2.05 bits per heavy atom. The number of hydrogen-bond donors (Lipinski definition) is 3. The van der Waals surface area contributed by atoms with Gasteiger partial charge in [0.05, 0.1) is 5.92 Å². The molecule has 21 heavy (non-hydrogen) atoms. The highest BCUT2D eigenvalue weighted by atomic mass is 16.4. The molecular weight excluding hydrogens is 274 g/mol. The minimum absolute atomic E-state index is 0.0924. The molecule has 2 atom stereocenters. The summed E-state index contributed by atoms with van der Waals surface area (Å²) in [5, 5.41) is 11.7. The molecule has 2 rings (SSSR count). The SMILES string of the molecule is C[C@@H]1CN(C(=O)Nc2cccc(C(N)=O)c2)C[C@H]1C(=O)O. The fraction of sp³-hybridized carbons (Fsp3) is 0.357. The Labute approximate surface area is 121 Å². The highest BCUT2D eigenvalue weighted by Gasteiger charge is 2.36. The number of likely N-dealkylation sites (tertiary alicyclic amines) is 1. The van der Waals surface area contributed by atoms with Crippen LogP contribution in [0.2, 0.25) is 0 Å². The monoisotopic (exact) mass is 291 g/mol. The lowest BCUT2D eigenvalue weighted by molar-refractivity contribution is -0.142. The number of carboxylic acid groups (broad SMARTS) is 1. The number of anilines is 1. The van der Waals surface area contributed by atoms with Crippen molar-refractivity contribution >= 4 is 23.6 Å². The fourth-order valence-electron chi connectivity index (χ4n) is 2.41. The van der Waals surface area contributed by atoms with Gasteiger partial charge in [-0.25, -0.2) is 4.79 Å². The molecule has 1 aromatic carbocycles. The van der Waals surface area contributed by atoms with Gasteiger partial charge in [0.15, 0.2) is 0 Å². The van der Waals surface area contributed by atoms with Gasteiger partial charge in [-0.1, -0.05) is 13.0 Å². The molecule has 0 spiro atoms. The number of hydrogen-bond acceptors (Lipinski definition) is 3. The molecule has 0 unspecified atom stereocenters. The molecule has 0 aromatic heterocycles. The van der Waals surface area contributed by atoms with E-state index in [1.165, 1.54) is 11.0 Å². The summed E-state index contributed by atoms with van der Waals surface area (Å²) in [6.45, 7) is 2.37. The van der Waals surface area contributed by atoms with Gasteiger partial charge in [0.1, 0.15) is 0 Å². The molecule has 3 amide bonds. The maximum absolute atomic E-state index is 12.1. The Morgan fingerprint density at radius 3 is 2.62 bits per heavy atom. The quantitative estimate of drug-likeness (QED) is 0.770. The van der Waals surface area contributed by atoms with E-state index in [2.05, 4.69) is 5.32 Å². The van der Waals surface area contributed by atoms with Gasteiger partial charge in [-0.2, -0.15) is 0 Å². The van der Waals surface area contributed by atoms with E-state index in [1.807, 2.05) is 0 Å². The van der Waals surface area contributed by atoms with E-state index in [9.17, 15) is 14.4 Å². The van der Waals surface area contributed by atoms with E-state index in [1.54, 1.807) is 25.1 Å². The first-order chi connectivity index (χ1) is 9.88. The molecule has 1 aliphatic heterocycles. The van der Waals surface area contributed by atoms with Gasteiger partial charge in [0, 0.05) is 24.3 Å². The minimum Gasteiger partial charge on any atom is -0.481 e. The van der Waals surface area contributed by atoms with Crippen LogP contribution >= 0.6 is 0 Å². The summed E-state index contributed by atoms with van der Waals surface area (Å²) in [5.41, 5.74) is 5.92. The average Bonchev–Trinajstić information content (AvgIpc) is 2.81. The second kappa shape index (κ2) is 5.82. The summed E-state index contributed by atoms with van der Waals surface area (Å²) in [4.78, 5) is 35.7. The van der Waals surface area contributed by atoms with E-state index in [-0.39, 0.29) is 18.5 Å². The number of aliphatic carboxylic acids is 1. The predicted octanol–water partition coefficient (Wildman–Crippen LogP) is 0.970. The number of carbonyl (C=O) groups is 3. The molecule has 1 saturated heterocycles. The smallest absolute Gasteiger partial charge is 0.321 e. The second-order valence-electron chi connectivity index (χ2n) is 5.20. The summed E-state index contributed by atoms with van der Waals surface area (Å²) >= 11 is 0. The lowest BCUT2D eigenvalue weighted by Gasteiger charge is -2.17. The largest absolute Gasteiger partial charge is 0.481 e. The Balaban J connectivity index is 2.04. The zero-order valence-electron chi connectivity index (χ0n) is 11.6. The molecule has 112 valence electrons. The van der Waals surface area contributed by atoms with Crippen molar-refractivity contribution in [2.75, 3.05) is 18.4 Å². The van der Waals surface area contributed by atoms with Gasteiger partial charge in [-0.3, -0.25) is 9.59 Å². The lowest BCUT2D eigenvalue weighted by Crippen LogP contribution is -2.33. The Kier molecular flexibility index (Phi) is 4.11. The number of nitrogens with two attached hydrogens (primary N) is 1. The molecular formula is C14H17N3O4. The van der Waals surface area contributed by atoms with Crippen molar-refractivity contribution in [1.82, 2.24) is 4.90 Å². The predicted molar refractivity (Wildman–Crippen MR) is 75.8 cm³/mol. The third-order valence-corrected chi connectivity index (χ3v) is 3.62. The molecule has 1 aliphatic rings. The van der Waals surface area contributed by atoms with Crippen molar-refractivity contribution in [2.24, 2.45) is 17.6 Å². The zero-order chi connectivity index (χ0) is 15.6. The van der Waals surface area contributed by atoms with Crippen LogP contribution in [0.5, 0.6) is 0 Å². The second-order valence-corrected chi connectivity index (χ2v) is 5.20. The number of benzene rings is 1. The number of nitrogens with one attached hydrogen (secondary N) is 1. The highest BCUT2D eigenvalue weighted by Crippen LogP contribution is 2.24. The Morgan fingerprint density at radius 1 is 1.33 bits per heavy atom. The highest BCUT2D eigenvalue weighted by molar-refractivity contribution is 5.96. The first-order valence-electron chi connectivity index (χ1n) is 6.57. The molecule has 7 nitrogen and oxygen atoms in total. The number of carboxylic acids is 1. The number of amides is 3. The molecule has 0 saturated carbocycles. The van der Waals surface area contributed by atoms with Crippen molar-refractivity contribution in [2.45, 2.75) is 6.92 Å². The van der Waals surface area contributed by atoms with Gasteiger partial charge >= 0.3 is 12.0 Å². The van der Waals surface area contributed by atoms with E-state index in [0.717, 1.165) is 0 Å². The third-order valence-electron chi connectivity index (χ3n) is 3.62. The molecule has 4 N–H and O–H groups in total. The van der Waals surface area contributed by atoms with Crippen LogP contribution in [0.3, 0.4) is 0 Å². The summed E-state index contributed by atoms with van der Waals surface area (Å²) in [5.74, 6) is -2.11. The molecule has 1 fully saturated rings. The minimum atomic E-state index is -0.895. The van der Waals surface area contributed by atoms with E-state index in [4.69, 9.17) is 10.8 Å². The van der Waals surface area contributed by atoms with Gasteiger partial charge in [-0.05, 0) is 24.1 Å². The van der Waals surface area contributed by atoms with Crippen LogP contribution in [0.25, 0.3) is 0 Å². The molecule has 0 aliphatic carbocycles. The van der Waals surface area contributed by atoms with Crippen LogP contribution in [0.1, 0.15) is 17.3 Å². The Bertz CT molecular complexity index is 587. The summed E-state index contributed by atoms with van der Waals surface area (Å²) in [6, 6.07) is 5.90. The first kappa shape index (κ1) is 14.8.